The topological polar surface area (TPSA) is 74.6 Å². The second-order valence-corrected chi connectivity index (χ2v) is 3.65. The van der Waals surface area contributed by atoms with E-state index in [4.69, 9.17) is 15.0 Å². The SMILES string of the molecule is CC(=O)O.CC(C)(C)CC(=O)O. The third-order valence-electron chi connectivity index (χ3n) is 0.682. The summed E-state index contributed by atoms with van der Waals surface area (Å²) < 4.78 is 0. The molecule has 12 heavy (non-hydrogen) atoms. The van der Waals surface area contributed by atoms with Gasteiger partial charge in [0.2, 0.25) is 0 Å². The molecule has 0 saturated carbocycles. The molecule has 72 valence electrons. The molecule has 0 radical (unpaired) electrons. The minimum atomic E-state index is -0.833. The van der Waals surface area contributed by atoms with Crippen LogP contribution in [-0.2, 0) is 9.59 Å². The van der Waals surface area contributed by atoms with Crippen LogP contribution in [-0.4, -0.2) is 22.2 Å². The number of carbonyl (C=O) groups is 2. The van der Waals surface area contributed by atoms with Crippen molar-refractivity contribution in [3.63, 3.8) is 0 Å². The van der Waals surface area contributed by atoms with Gasteiger partial charge in [0.1, 0.15) is 0 Å². The molecule has 0 bridgehead atoms. The average molecular weight is 176 g/mol. The summed E-state index contributed by atoms with van der Waals surface area (Å²) in [6.45, 7) is 6.80. The Labute approximate surface area is 72.2 Å². The van der Waals surface area contributed by atoms with Gasteiger partial charge in [0.05, 0.1) is 6.42 Å². The third-order valence-corrected chi connectivity index (χ3v) is 0.682. The Morgan fingerprint density at radius 3 is 1.42 bits per heavy atom. The van der Waals surface area contributed by atoms with Crippen LogP contribution in [0.15, 0.2) is 0 Å². The monoisotopic (exact) mass is 176 g/mol. The maximum atomic E-state index is 10.0. The maximum Gasteiger partial charge on any atom is 0.303 e. The summed E-state index contributed by atoms with van der Waals surface area (Å²) in [7, 11) is 0. The molecule has 2 N–H and O–H groups in total. The second kappa shape index (κ2) is 5.57. The Bertz CT molecular complexity index is 151. The lowest BCUT2D eigenvalue weighted by atomic mass is 9.93. The van der Waals surface area contributed by atoms with Crippen LogP contribution in [0.25, 0.3) is 0 Å². The van der Waals surface area contributed by atoms with Crippen LogP contribution < -0.4 is 0 Å². The number of hydrogen-bond donors (Lipinski definition) is 2. The predicted octanol–water partition coefficient (Wildman–Crippen LogP) is 1.60. The van der Waals surface area contributed by atoms with E-state index in [9.17, 15) is 4.79 Å². The fourth-order valence-electron chi connectivity index (χ4n) is 0.454. The largest absolute Gasteiger partial charge is 0.481 e. The van der Waals surface area contributed by atoms with E-state index in [1.54, 1.807) is 0 Å². The van der Waals surface area contributed by atoms with E-state index < -0.39 is 11.9 Å². The van der Waals surface area contributed by atoms with Gasteiger partial charge < -0.3 is 10.2 Å². The molecule has 0 unspecified atom stereocenters. The van der Waals surface area contributed by atoms with Crippen molar-refractivity contribution in [1.29, 1.82) is 0 Å². The molecule has 0 atom stereocenters. The molecule has 0 fully saturated rings. The van der Waals surface area contributed by atoms with Gasteiger partial charge in [-0.05, 0) is 5.41 Å². The molecule has 0 aromatic rings. The van der Waals surface area contributed by atoms with E-state index in [2.05, 4.69) is 0 Å². The van der Waals surface area contributed by atoms with Crippen LogP contribution in [0.2, 0.25) is 0 Å². The predicted molar refractivity (Wildman–Crippen MR) is 45.0 cm³/mol. The first kappa shape index (κ1) is 13.5. The number of carboxylic acid groups (broad SMARTS) is 2. The molecule has 0 spiro atoms. The van der Waals surface area contributed by atoms with Gasteiger partial charge in [0.25, 0.3) is 5.97 Å². The van der Waals surface area contributed by atoms with E-state index >= 15 is 0 Å². The maximum absolute atomic E-state index is 10.0. The highest BCUT2D eigenvalue weighted by molar-refractivity contribution is 5.67. The van der Waals surface area contributed by atoms with Gasteiger partial charge in [-0.2, -0.15) is 0 Å². The molecule has 0 aromatic heterocycles. The highest BCUT2D eigenvalue weighted by Crippen LogP contribution is 2.17. The van der Waals surface area contributed by atoms with Crippen molar-refractivity contribution >= 4 is 11.9 Å². The average Bonchev–Trinajstić information content (AvgIpc) is 1.52. The smallest absolute Gasteiger partial charge is 0.303 e. The lowest BCUT2D eigenvalue weighted by molar-refractivity contribution is -0.139. The lowest BCUT2D eigenvalue weighted by Gasteiger charge is -2.13. The van der Waals surface area contributed by atoms with E-state index in [1.165, 1.54) is 0 Å². The van der Waals surface area contributed by atoms with Gasteiger partial charge in [0, 0.05) is 6.92 Å². The first-order valence-electron chi connectivity index (χ1n) is 3.56. The Hall–Kier alpha value is -1.06. The zero-order chi connectivity index (χ0) is 10.4. The summed E-state index contributed by atoms with van der Waals surface area (Å²) in [5.74, 6) is -1.56. The fourth-order valence-corrected chi connectivity index (χ4v) is 0.454. The first-order chi connectivity index (χ1) is 5.15. The Morgan fingerprint density at radius 1 is 1.17 bits per heavy atom. The molecule has 0 aliphatic carbocycles. The molecule has 0 amide bonds. The van der Waals surface area contributed by atoms with Gasteiger partial charge in [-0.3, -0.25) is 9.59 Å². The zero-order valence-corrected chi connectivity index (χ0v) is 7.92. The summed E-state index contributed by atoms with van der Waals surface area (Å²) in [5, 5.41) is 15.7. The summed E-state index contributed by atoms with van der Waals surface area (Å²) in [6.07, 6.45) is 0.243. The van der Waals surface area contributed by atoms with Gasteiger partial charge in [-0.25, -0.2) is 0 Å². The molecular weight excluding hydrogens is 160 g/mol. The second-order valence-electron chi connectivity index (χ2n) is 3.65. The van der Waals surface area contributed by atoms with E-state index in [0.717, 1.165) is 6.92 Å². The standard InChI is InChI=1S/C6H12O2.C2H4O2/c1-6(2,3)4-5(7)8;1-2(3)4/h4H2,1-3H3,(H,7,8);1H3,(H,3,4). The molecule has 0 aliphatic heterocycles. The quantitative estimate of drug-likeness (QED) is 0.636. The van der Waals surface area contributed by atoms with Crippen molar-refractivity contribution < 1.29 is 19.8 Å². The Morgan fingerprint density at radius 2 is 1.42 bits per heavy atom. The Balaban J connectivity index is 0. The summed E-state index contributed by atoms with van der Waals surface area (Å²) in [4.78, 5) is 19.0. The highest BCUT2D eigenvalue weighted by Gasteiger charge is 2.13. The third kappa shape index (κ3) is 36.3. The van der Waals surface area contributed by atoms with Crippen molar-refractivity contribution in [3.8, 4) is 0 Å². The summed E-state index contributed by atoms with van der Waals surface area (Å²) in [6, 6.07) is 0. The molecule has 0 aromatic carbocycles. The molecule has 4 heteroatoms. The van der Waals surface area contributed by atoms with E-state index in [-0.39, 0.29) is 11.8 Å². The van der Waals surface area contributed by atoms with Crippen molar-refractivity contribution in [1.82, 2.24) is 0 Å². The molecule has 0 saturated heterocycles. The highest BCUT2D eigenvalue weighted by atomic mass is 16.4. The van der Waals surface area contributed by atoms with Crippen LogP contribution in [0.1, 0.15) is 34.1 Å². The molecule has 0 rings (SSSR count). The van der Waals surface area contributed by atoms with Gasteiger partial charge >= 0.3 is 5.97 Å². The van der Waals surface area contributed by atoms with Crippen LogP contribution in [0.3, 0.4) is 0 Å². The molecule has 0 heterocycles. The number of hydrogen-bond acceptors (Lipinski definition) is 2. The van der Waals surface area contributed by atoms with Crippen LogP contribution in [0, 0.1) is 5.41 Å². The molecule has 4 nitrogen and oxygen atoms in total. The van der Waals surface area contributed by atoms with Crippen molar-refractivity contribution in [3.05, 3.63) is 0 Å². The number of carboxylic acids is 2. The summed E-state index contributed by atoms with van der Waals surface area (Å²) in [5.41, 5.74) is -0.0775. The molecule has 0 aliphatic rings. The normalized spacial score (nSPS) is 9.67. The van der Waals surface area contributed by atoms with Gasteiger partial charge in [0.15, 0.2) is 0 Å². The van der Waals surface area contributed by atoms with E-state index in [1.807, 2.05) is 20.8 Å². The minimum absolute atomic E-state index is 0.0775. The number of aliphatic carboxylic acids is 2. The lowest BCUT2D eigenvalue weighted by Crippen LogP contribution is -2.11. The fraction of sp³-hybridized carbons (Fsp3) is 0.750. The van der Waals surface area contributed by atoms with Gasteiger partial charge in [-0.15, -0.1) is 0 Å². The van der Waals surface area contributed by atoms with Crippen LogP contribution in [0.4, 0.5) is 0 Å². The van der Waals surface area contributed by atoms with Gasteiger partial charge in [-0.1, -0.05) is 20.8 Å². The molecular formula is C8H16O4. The van der Waals surface area contributed by atoms with Crippen molar-refractivity contribution in [2.75, 3.05) is 0 Å². The number of rotatable bonds is 1. The first-order valence-corrected chi connectivity index (χ1v) is 3.56. The summed E-state index contributed by atoms with van der Waals surface area (Å²) >= 11 is 0. The van der Waals surface area contributed by atoms with Crippen molar-refractivity contribution in [2.45, 2.75) is 34.1 Å². The minimum Gasteiger partial charge on any atom is -0.481 e. The van der Waals surface area contributed by atoms with Crippen LogP contribution >= 0.6 is 0 Å². The van der Waals surface area contributed by atoms with Crippen molar-refractivity contribution in [2.24, 2.45) is 5.41 Å². The zero-order valence-electron chi connectivity index (χ0n) is 7.92. The van der Waals surface area contributed by atoms with Crippen LogP contribution in [0.5, 0.6) is 0 Å². The Kier molecular flexibility index (Phi) is 6.28. The van der Waals surface area contributed by atoms with E-state index in [0.29, 0.717) is 0 Å².